The number of ether oxygens (including phenoxy) is 1. The topological polar surface area (TPSA) is 9.23 Å². The first-order chi connectivity index (χ1) is 7.13. The molecule has 0 heterocycles. The molecule has 0 aromatic heterocycles. The van der Waals surface area contributed by atoms with Crippen molar-refractivity contribution in [1.82, 2.24) is 0 Å². The van der Waals surface area contributed by atoms with Gasteiger partial charge in [0.2, 0.25) is 0 Å². The van der Waals surface area contributed by atoms with Gasteiger partial charge in [-0.2, -0.15) is 0 Å². The maximum atomic E-state index is 13.3. The van der Waals surface area contributed by atoms with Crippen LogP contribution < -0.4 is 4.74 Å². The third kappa shape index (κ3) is 3.81. The first-order valence-electron chi connectivity index (χ1n) is 4.64. The minimum absolute atomic E-state index is 0.0595. The Hall–Kier alpha value is -1.20. The second-order valence-electron chi connectivity index (χ2n) is 3.25. The number of halogens is 2. The van der Waals surface area contributed by atoms with Gasteiger partial charge in [-0.3, -0.25) is 0 Å². The summed E-state index contributed by atoms with van der Waals surface area (Å²) in [6, 6.07) is 4.52. The van der Waals surface area contributed by atoms with E-state index in [1.165, 1.54) is 6.07 Å². The highest BCUT2D eigenvalue weighted by Gasteiger charge is 2.05. The highest BCUT2D eigenvalue weighted by molar-refractivity contribution is 6.19. The maximum Gasteiger partial charge on any atom is 0.165 e. The van der Waals surface area contributed by atoms with Crippen molar-refractivity contribution < 1.29 is 9.13 Å². The third-order valence-corrected chi connectivity index (χ3v) is 1.73. The van der Waals surface area contributed by atoms with Crippen molar-refractivity contribution >= 4 is 11.6 Å². The third-order valence-electron chi connectivity index (χ3n) is 1.59. The van der Waals surface area contributed by atoms with Crippen molar-refractivity contribution in [2.45, 2.75) is 20.0 Å². The van der Waals surface area contributed by atoms with Crippen LogP contribution in [-0.2, 0) is 0 Å². The van der Waals surface area contributed by atoms with E-state index in [-0.39, 0.29) is 23.6 Å². The summed E-state index contributed by atoms with van der Waals surface area (Å²) in [4.78, 5) is 0. The Morgan fingerprint density at radius 1 is 1.47 bits per heavy atom. The fourth-order valence-corrected chi connectivity index (χ4v) is 1.13. The molecule has 0 fully saturated rings. The molecule has 0 radical (unpaired) electrons. The van der Waals surface area contributed by atoms with Crippen LogP contribution >= 0.6 is 11.6 Å². The second kappa shape index (κ2) is 5.63. The van der Waals surface area contributed by atoms with Crippen LogP contribution in [0, 0.1) is 17.7 Å². The molecule has 0 spiro atoms. The molecule has 1 rings (SSSR count). The molecular formula is C12H12ClFO. The molecule has 0 amide bonds. The van der Waals surface area contributed by atoms with Crippen LogP contribution in [0.25, 0.3) is 0 Å². The summed E-state index contributed by atoms with van der Waals surface area (Å²) in [7, 11) is 0. The largest absolute Gasteiger partial charge is 0.488 e. The van der Waals surface area contributed by atoms with E-state index >= 15 is 0 Å². The monoisotopic (exact) mass is 226 g/mol. The van der Waals surface area contributed by atoms with Gasteiger partial charge in [0.1, 0.15) is 0 Å². The van der Waals surface area contributed by atoms with Gasteiger partial charge in [-0.1, -0.05) is 11.8 Å². The summed E-state index contributed by atoms with van der Waals surface area (Å²) in [5.41, 5.74) is 0.702. The summed E-state index contributed by atoms with van der Waals surface area (Å²) >= 11 is 5.43. The van der Waals surface area contributed by atoms with Gasteiger partial charge in [0.15, 0.2) is 11.6 Å². The molecule has 80 valence electrons. The lowest BCUT2D eigenvalue weighted by molar-refractivity contribution is 0.231. The normalized spacial score (nSPS) is 9.67. The zero-order valence-corrected chi connectivity index (χ0v) is 9.44. The number of hydrogen-bond donors (Lipinski definition) is 0. The average molecular weight is 227 g/mol. The smallest absolute Gasteiger partial charge is 0.165 e. The quantitative estimate of drug-likeness (QED) is 0.556. The fraction of sp³-hybridized carbons (Fsp3) is 0.333. The standard InChI is InChI=1S/C12H12ClFO/c1-9(2)15-12-8-10(4-3-7-13)5-6-11(12)14/h5-6,8-9H,7H2,1-2H3. The van der Waals surface area contributed by atoms with E-state index in [9.17, 15) is 4.39 Å². The van der Waals surface area contributed by atoms with Crippen LogP contribution in [0.4, 0.5) is 4.39 Å². The van der Waals surface area contributed by atoms with E-state index in [0.29, 0.717) is 5.56 Å². The highest BCUT2D eigenvalue weighted by Crippen LogP contribution is 2.19. The van der Waals surface area contributed by atoms with Crippen LogP contribution in [0.5, 0.6) is 5.75 Å². The van der Waals surface area contributed by atoms with E-state index in [1.54, 1.807) is 12.1 Å². The van der Waals surface area contributed by atoms with E-state index in [0.717, 1.165) is 0 Å². The van der Waals surface area contributed by atoms with E-state index in [4.69, 9.17) is 16.3 Å². The van der Waals surface area contributed by atoms with Crippen molar-refractivity contribution in [2.75, 3.05) is 5.88 Å². The van der Waals surface area contributed by atoms with Crippen molar-refractivity contribution in [3.63, 3.8) is 0 Å². The molecule has 3 heteroatoms. The highest BCUT2D eigenvalue weighted by atomic mass is 35.5. The molecule has 0 unspecified atom stereocenters. The predicted molar refractivity (Wildman–Crippen MR) is 59.8 cm³/mol. The minimum Gasteiger partial charge on any atom is -0.488 e. The van der Waals surface area contributed by atoms with Crippen molar-refractivity contribution in [3.8, 4) is 17.6 Å². The fourth-order valence-electron chi connectivity index (χ4n) is 1.06. The zero-order chi connectivity index (χ0) is 11.3. The van der Waals surface area contributed by atoms with Gasteiger partial charge in [0, 0.05) is 5.56 Å². The van der Waals surface area contributed by atoms with Gasteiger partial charge in [-0.05, 0) is 32.0 Å². The average Bonchev–Trinajstić information content (AvgIpc) is 2.18. The minimum atomic E-state index is -0.375. The molecule has 1 aromatic rings. The molecule has 1 aromatic carbocycles. The lowest BCUT2D eigenvalue weighted by Gasteiger charge is -2.10. The van der Waals surface area contributed by atoms with Crippen molar-refractivity contribution in [2.24, 2.45) is 0 Å². The SMILES string of the molecule is CC(C)Oc1cc(C#CCCl)ccc1F. The van der Waals surface area contributed by atoms with Crippen LogP contribution in [-0.4, -0.2) is 12.0 Å². The van der Waals surface area contributed by atoms with Crippen LogP contribution in [0.2, 0.25) is 0 Å². The Balaban J connectivity index is 2.94. The molecule has 0 atom stereocenters. The molecule has 0 saturated heterocycles. The predicted octanol–water partition coefficient (Wildman–Crippen LogP) is 3.20. The lowest BCUT2D eigenvalue weighted by atomic mass is 10.2. The van der Waals surface area contributed by atoms with Crippen LogP contribution in [0.15, 0.2) is 18.2 Å². The zero-order valence-electron chi connectivity index (χ0n) is 8.68. The Kier molecular flexibility index (Phi) is 4.45. The summed E-state index contributed by atoms with van der Waals surface area (Å²) in [6.07, 6.45) is -0.0595. The van der Waals surface area contributed by atoms with Crippen molar-refractivity contribution in [3.05, 3.63) is 29.6 Å². The summed E-state index contributed by atoms with van der Waals surface area (Å²) < 4.78 is 18.5. The molecule has 0 bridgehead atoms. The van der Waals surface area contributed by atoms with E-state index < -0.39 is 0 Å². The van der Waals surface area contributed by atoms with Crippen molar-refractivity contribution in [1.29, 1.82) is 0 Å². The molecule has 15 heavy (non-hydrogen) atoms. The Morgan fingerprint density at radius 3 is 2.80 bits per heavy atom. The summed E-state index contributed by atoms with van der Waals surface area (Å²) in [5.74, 6) is 5.62. The molecule has 0 aliphatic rings. The first-order valence-corrected chi connectivity index (χ1v) is 5.18. The Labute approximate surface area is 94.2 Å². The van der Waals surface area contributed by atoms with Gasteiger partial charge >= 0.3 is 0 Å². The molecular weight excluding hydrogens is 215 g/mol. The summed E-state index contributed by atoms with van der Waals surface area (Å²) in [6.45, 7) is 3.69. The van der Waals surface area contributed by atoms with Gasteiger partial charge in [-0.25, -0.2) is 4.39 Å². The summed E-state index contributed by atoms with van der Waals surface area (Å²) in [5, 5.41) is 0. The molecule has 0 saturated carbocycles. The van der Waals surface area contributed by atoms with E-state index in [2.05, 4.69) is 11.8 Å². The van der Waals surface area contributed by atoms with Gasteiger partial charge in [-0.15, -0.1) is 11.6 Å². The number of rotatable bonds is 2. The molecule has 0 aliphatic carbocycles. The number of benzene rings is 1. The number of hydrogen-bond acceptors (Lipinski definition) is 1. The van der Waals surface area contributed by atoms with Gasteiger partial charge < -0.3 is 4.74 Å². The molecule has 0 aliphatic heterocycles. The lowest BCUT2D eigenvalue weighted by Crippen LogP contribution is -2.07. The van der Waals surface area contributed by atoms with E-state index in [1.807, 2.05) is 13.8 Å². The molecule has 0 N–H and O–H groups in total. The van der Waals surface area contributed by atoms with Crippen LogP contribution in [0.3, 0.4) is 0 Å². The first kappa shape index (κ1) is 11.9. The Bertz CT molecular complexity index is 390. The second-order valence-corrected chi connectivity index (χ2v) is 3.51. The van der Waals surface area contributed by atoms with Gasteiger partial charge in [0.25, 0.3) is 0 Å². The number of alkyl halides is 1. The maximum absolute atomic E-state index is 13.3. The van der Waals surface area contributed by atoms with Gasteiger partial charge in [0.05, 0.1) is 12.0 Å². The van der Waals surface area contributed by atoms with Crippen LogP contribution in [0.1, 0.15) is 19.4 Å². The Morgan fingerprint density at radius 2 is 2.20 bits per heavy atom. The molecule has 1 nitrogen and oxygen atoms in total.